The molecule has 188 valence electrons. The summed E-state index contributed by atoms with van der Waals surface area (Å²) in [5, 5.41) is 6.35. The fourth-order valence-electron chi connectivity index (χ4n) is 3.80. The largest absolute Gasteiger partial charge is 0.493 e. The van der Waals surface area contributed by atoms with Crippen LogP contribution >= 0.6 is 39.7 Å². The lowest BCUT2D eigenvalue weighted by Gasteiger charge is -2.36. The summed E-state index contributed by atoms with van der Waals surface area (Å²) in [6, 6.07) is 13.9. The number of furan rings is 1. The van der Waals surface area contributed by atoms with E-state index in [9.17, 15) is 9.59 Å². The van der Waals surface area contributed by atoms with Gasteiger partial charge in [0.1, 0.15) is 5.75 Å². The maximum atomic E-state index is 12.6. The second kappa shape index (κ2) is 11.8. The van der Waals surface area contributed by atoms with Gasteiger partial charge in [0.25, 0.3) is 11.8 Å². The molecule has 0 atom stereocenters. The number of piperazine rings is 1. The predicted octanol–water partition coefficient (Wildman–Crippen LogP) is 5.18. The first-order chi connectivity index (χ1) is 17.4. The molecular formula is C25H24BrClN4O4S. The highest BCUT2D eigenvalue weighted by Gasteiger charge is 2.24. The highest BCUT2D eigenvalue weighted by molar-refractivity contribution is 9.10. The van der Waals surface area contributed by atoms with Gasteiger partial charge in [0.2, 0.25) is 0 Å². The number of nitrogens with zero attached hydrogens (tertiary/aromatic N) is 2. The maximum absolute atomic E-state index is 12.6. The molecule has 1 fully saturated rings. The van der Waals surface area contributed by atoms with Gasteiger partial charge in [-0.2, -0.15) is 0 Å². The van der Waals surface area contributed by atoms with Crippen LogP contribution in [0.5, 0.6) is 5.75 Å². The predicted molar refractivity (Wildman–Crippen MR) is 147 cm³/mol. The quantitative estimate of drug-likeness (QED) is 0.382. The van der Waals surface area contributed by atoms with Crippen LogP contribution in [0.25, 0.3) is 0 Å². The van der Waals surface area contributed by atoms with E-state index in [-0.39, 0.29) is 16.9 Å². The molecule has 1 saturated heterocycles. The number of amides is 2. The van der Waals surface area contributed by atoms with E-state index in [1.165, 1.54) is 6.26 Å². The van der Waals surface area contributed by atoms with Crippen LogP contribution in [0.2, 0.25) is 5.02 Å². The Balaban J connectivity index is 1.32. The van der Waals surface area contributed by atoms with Gasteiger partial charge in [0.05, 0.1) is 28.1 Å². The molecule has 0 bridgehead atoms. The molecule has 0 spiro atoms. The number of rotatable bonds is 6. The third-order valence-corrected chi connectivity index (χ3v) is 6.69. The Morgan fingerprint density at radius 1 is 1.14 bits per heavy atom. The molecule has 0 saturated carbocycles. The summed E-state index contributed by atoms with van der Waals surface area (Å²) in [5.74, 6) is 0.546. The van der Waals surface area contributed by atoms with Crippen molar-refractivity contribution in [2.75, 3.05) is 43.0 Å². The van der Waals surface area contributed by atoms with E-state index >= 15 is 0 Å². The minimum Gasteiger partial charge on any atom is -0.493 e. The Bertz CT molecular complexity index is 1260. The zero-order valence-electron chi connectivity index (χ0n) is 19.4. The Morgan fingerprint density at radius 2 is 1.92 bits per heavy atom. The van der Waals surface area contributed by atoms with Gasteiger partial charge in [0, 0.05) is 37.4 Å². The van der Waals surface area contributed by atoms with Crippen LogP contribution in [0.1, 0.15) is 27.8 Å². The van der Waals surface area contributed by atoms with E-state index < -0.39 is 0 Å². The maximum Gasteiger partial charge on any atom is 0.289 e. The number of thiocarbonyl (C=S) groups is 1. The van der Waals surface area contributed by atoms with Crippen LogP contribution < -0.4 is 20.3 Å². The highest BCUT2D eigenvalue weighted by atomic mass is 79.9. The summed E-state index contributed by atoms with van der Waals surface area (Å²) in [5.41, 5.74) is 1.95. The lowest BCUT2D eigenvalue weighted by Crippen LogP contribution is -2.48. The van der Waals surface area contributed by atoms with Gasteiger partial charge in [-0.05, 0) is 83.6 Å². The van der Waals surface area contributed by atoms with Crippen LogP contribution in [-0.4, -0.2) is 54.6 Å². The Hall–Kier alpha value is -3.08. The average Bonchev–Trinajstić information content (AvgIpc) is 3.40. The summed E-state index contributed by atoms with van der Waals surface area (Å²) in [6.07, 6.45) is 1.50. The summed E-state index contributed by atoms with van der Waals surface area (Å²) in [7, 11) is 0. The summed E-state index contributed by atoms with van der Waals surface area (Å²) >= 11 is 15.3. The molecule has 1 aromatic heterocycles. The fraction of sp³-hybridized carbons (Fsp3) is 0.240. The average molecular weight is 592 g/mol. The molecule has 1 aliphatic heterocycles. The summed E-state index contributed by atoms with van der Waals surface area (Å²) in [6.45, 7) is 4.83. The first-order valence-electron chi connectivity index (χ1n) is 11.3. The number of ether oxygens (including phenoxy) is 1. The molecule has 2 N–H and O–H groups in total. The molecule has 0 aliphatic carbocycles. The van der Waals surface area contributed by atoms with E-state index in [1.807, 2.05) is 19.1 Å². The van der Waals surface area contributed by atoms with Gasteiger partial charge in [-0.1, -0.05) is 11.6 Å². The van der Waals surface area contributed by atoms with Crippen LogP contribution in [0.3, 0.4) is 0 Å². The zero-order chi connectivity index (χ0) is 25.7. The van der Waals surface area contributed by atoms with Crippen molar-refractivity contribution in [2.24, 2.45) is 0 Å². The first-order valence-corrected chi connectivity index (χ1v) is 12.9. The van der Waals surface area contributed by atoms with Crippen molar-refractivity contribution in [1.82, 2.24) is 10.2 Å². The minimum absolute atomic E-state index is 0.113. The van der Waals surface area contributed by atoms with Gasteiger partial charge < -0.3 is 24.3 Å². The van der Waals surface area contributed by atoms with E-state index in [1.54, 1.807) is 41.3 Å². The lowest BCUT2D eigenvalue weighted by molar-refractivity contribution is 0.0714. The number of hydrogen-bond donors (Lipinski definition) is 2. The van der Waals surface area contributed by atoms with Crippen molar-refractivity contribution in [1.29, 1.82) is 0 Å². The van der Waals surface area contributed by atoms with E-state index in [0.717, 1.165) is 5.69 Å². The Kier molecular flexibility index (Phi) is 8.50. The molecule has 0 radical (unpaired) electrons. The number of anilines is 2. The molecule has 8 nitrogen and oxygen atoms in total. The number of nitrogens with one attached hydrogen (secondary N) is 2. The first kappa shape index (κ1) is 26.0. The standard InChI is InChI=1S/C25H24BrClN4O4S/c1-2-34-21-8-5-16(14-18(21)26)23(32)29-25(36)28-17-6-7-20(19(27)15-17)30-9-11-31(12-10-30)24(33)22-4-3-13-35-22/h3-8,13-15H,2,9-12H2,1H3,(H2,28,29,32,36). The summed E-state index contributed by atoms with van der Waals surface area (Å²) in [4.78, 5) is 28.9. The van der Waals surface area contributed by atoms with Crippen molar-refractivity contribution in [3.05, 3.63) is 75.6 Å². The van der Waals surface area contributed by atoms with Gasteiger partial charge >= 0.3 is 0 Å². The van der Waals surface area contributed by atoms with E-state index in [4.69, 9.17) is 33.0 Å². The fourth-order valence-corrected chi connectivity index (χ4v) is 4.80. The third-order valence-electron chi connectivity index (χ3n) is 5.57. The highest BCUT2D eigenvalue weighted by Crippen LogP contribution is 2.30. The third kappa shape index (κ3) is 6.18. The van der Waals surface area contributed by atoms with Crippen LogP contribution in [0.15, 0.2) is 63.7 Å². The second-order valence-corrected chi connectivity index (χ2v) is 9.58. The smallest absolute Gasteiger partial charge is 0.289 e. The molecule has 0 unspecified atom stereocenters. The SMILES string of the molecule is CCOc1ccc(C(=O)NC(=S)Nc2ccc(N3CCN(C(=O)c4ccco4)CC3)c(Cl)c2)cc1Br. The number of benzene rings is 2. The number of carbonyl (C=O) groups is 2. The topological polar surface area (TPSA) is 87.0 Å². The Morgan fingerprint density at radius 3 is 2.56 bits per heavy atom. The Labute approximate surface area is 227 Å². The van der Waals surface area contributed by atoms with Crippen molar-refractivity contribution < 1.29 is 18.7 Å². The van der Waals surface area contributed by atoms with Crippen LogP contribution in [0.4, 0.5) is 11.4 Å². The molecule has 2 amide bonds. The van der Waals surface area contributed by atoms with Crippen LogP contribution in [-0.2, 0) is 0 Å². The monoisotopic (exact) mass is 590 g/mol. The molecule has 36 heavy (non-hydrogen) atoms. The van der Waals surface area contributed by atoms with Gasteiger partial charge in [-0.3, -0.25) is 14.9 Å². The number of carbonyl (C=O) groups excluding carboxylic acids is 2. The van der Waals surface area contributed by atoms with Crippen molar-refractivity contribution in [2.45, 2.75) is 6.92 Å². The van der Waals surface area contributed by atoms with Gasteiger partial charge in [0.15, 0.2) is 10.9 Å². The normalized spacial score (nSPS) is 13.3. The van der Waals surface area contributed by atoms with Crippen molar-refractivity contribution in [3.63, 3.8) is 0 Å². The minimum atomic E-state index is -0.346. The van der Waals surface area contributed by atoms with Crippen molar-refractivity contribution in [3.8, 4) is 5.75 Å². The zero-order valence-corrected chi connectivity index (χ0v) is 22.6. The molecule has 2 aromatic carbocycles. The van der Waals surface area contributed by atoms with Gasteiger partial charge in [-0.15, -0.1) is 0 Å². The lowest BCUT2D eigenvalue weighted by atomic mass is 10.2. The molecule has 3 aromatic rings. The van der Waals surface area contributed by atoms with Crippen molar-refractivity contribution >= 4 is 68.1 Å². The van der Waals surface area contributed by atoms with Crippen LogP contribution in [0, 0.1) is 0 Å². The molecule has 11 heteroatoms. The number of hydrogen-bond acceptors (Lipinski definition) is 6. The molecule has 1 aliphatic rings. The molecule has 4 rings (SSSR count). The summed E-state index contributed by atoms with van der Waals surface area (Å²) < 4.78 is 11.4. The molecule has 2 heterocycles. The van der Waals surface area contributed by atoms with E-state index in [2.05, 4.69) is 31.5 Å². The molecular weight excluding hydrogens is 568 g/mol. The number of halogens is 2. The second-order valence-electron chi connectivity index (χ2n) is 7.91. The van der Waals surface area contributed by atoms with E-state index in [0.29, 0.717) is 65.0 Å². The van der Waals surface area contributed by atoms with Gasteiger partial charge in [-0.25, -0.2) is 0 Å².